The minimum atomic E-state index is -0.276. The second-order valence-corrected chi connectivity index (χ2v) is 4.76. The summed E-state index contributed by atoms with van der Waals surface area (Å²) in [5.41, 5.74) is 8.32. The maximum Gasteiger partial charge on any atom is 0.414 e. The fourth-order valence-corrected chi connectivity index (χ4v) is 2.30. The van der Waals surface area contributed by atoms with Crippen LogP contribution in [-0.2, 0) is 4.74 Å². The normalized spacial score (nSPS) is 19.2. The minimum Gasteiger partial charge on any atom is -0.441 e. The fourth-order valence-electron chi connectivity index (χ4n) is 1.82. The maximum atomic E-state index is 11.7. The van der Waals surface area contributed by atoms with Crippen molar-refractivity contribution in [1.82, 2.24) is 0 Å². The highest BCUT2D eigenvalue weighted by molar-refractivity contribution is 14.1. The number of alkyl halides is 1. The van der Waals surface area contributed by atoms with Crippen molar-refractivity contribution in [3.8, 4) is 0 Å². The Balaban J connectivity index is 2.46. The number of rotatable bonds is 2. The van der Waals surface area contributed by atoms with E-state index in [1.165, 1.54) is 0 Å². The lowest BCUT2D eigenvalue weighted by molar-refractivity contribution is 0.108. The van der Waals surface area contributed by atoms with Crippen molar-refractivity contribution < 1.29 is 9.53 Å². The maximum absolute atomic E-state index is 11.7. The largest absolute Gasteiger partial charge is 0.441 e. The van der Waals surface area contributed by atoms with Crippen LogP contribution < -0.4 is 10.6 Å². The fraction of sp³-hybridized carbons (Fsp3) is 0.364. The Kier molecular flexibility index (Phi) is 3.22. The number of ether oxygens (including phenoxy) is 1. The van der Waals surface area contributed by atoms with Crippen LogP contribution >= 0.6 is 22.6 Å². The Hall–Kier alpha value is -0.980. The molecule has 1 aromatic rings. The number of fused-ring (bicyclic) bond motifs is 1. The van der Waals surface area contributed by atoms with E-state index in [1.807, 2.05) is 25.1 Å². The first-order valence-corrected chi connectivity index (χ1v) is 6.59. The van der Waals surface area contributed by atoms with Crippen molar-refractivity contribution in [3.05, 3.63) is 23.8 Å². The van der Waals surface area contributed by atoms with E-state index in [4.69, 9.17) is 10.5 Å². The van der Waals surface area contributed by atoms with E-state index < -0.39 is 0 Å². The third-order valence-corrected chi connectivity index (χ3v) is 3.07. The number of benzene rings is 1. The number of cyclic esters (lactones) is 1. The zero-order valence-electron chi connectivity index (χ0n) is 8.94. The van der Waals surface area contributed by atoms with Gasteiger partial charge in [-0.15, -0.1) is 0 Å². The third-order valence-electron chi connectivity index (χ3n) is 2.59. The third kappa shape index (κ3) is 1.95. The first kappa shape index (κ1) is 11.5. The molecular weight excluding hydrogens is 319 g/mol. The van der Waals surface area contributed by atoms with Crippen molar-refractivity contribution in [2.45, 2.75) is 13.0 Å². The monoisotopic (exact) mass is 332 g/mol. The molecule has 0 aromatic heterocycles. The summed E-state index contributed by atoms with van der Waals surface area (Å²) in [6.45, 7) is 2.51. The number of nitrogens with zero attached hydrogens (tertiary/aromatic N) is 1. The number of carbonyl (C=O) groups excluding carboxylic acids is 1. The van der Waals surface area contributed by atoms with Gasteiger partial charge in [-0.25, -0.2) is 4.79 Å². The van der Waals surface area contributed by atoms with Crippen LogP contribution in [0.1, 0.15) is 18.6 Å². The minimum absolute atomic E-state index is 0.225. The number of amides is 1. The average Bonchev–Trinajstić information content (AvgIpc) is 2.24. The van der Waals surface area contributed by atoms with Gasteiger partial charge in [-0.05, 0) is 25.1 Å². The molecule has 1 heterocycles. The number of anilines is 2. The molecule has 4 nitrogen and oxygen atoms in total. The van der Waals surface area contributed by atoms with Gasteiger partial charge in [0.1, 0.15) is 6.10 Å². The van der Waals surface area contributed by atoms with Gasteiger partial charge >= 0.3 is 6.09 Å². The molecular formula is C11H13IN2O2. The van der Waals surface area contributed by atoms with Crippen LogP contribution in [0.4, 0.5) is 16.2 Å². The van der Waals surface area contributed by atoms with E-state index in [2.05, 4.69) is 22.6 Å². The van der Waals surface area contributed by atoms with Crippen molar-refractivity contribution in [1.29, 1.82) is 0 Å². The molecule has 86 valence electrons. The Labute approximate surface area is 108 Å². The van der Waals surface area contributed by atoms with E-state index in [9.17, 15) is 4.79 Å². The standard InChI is InChI=1S/C11H13IN2O2/c1-7-9-6-8(13)2-3-10(9)14(5-4-12)11(15)16-7/h2-3,6-7H,4-5,13H2,1H3. The molecule has 1 aliphatic rings. The van der Waals surface area contributed by atoms with Crippen LogP contribution in [0.3, 0.4) is 0 Å². The van der Waals surface area contributed by atoms with Crippen LogP contribution in [-0.4, -0.2) is 17.1 Å². The van der Waals surface area contributed by atoms with Crippen LogP contribution in [0.15, 0.2) is 18.2 Å². The Morgan fingerprint density at radius 2 is 2.31 bits per heavy atom. The number of nitrogen functional groups attached to an aromatic ring is 1. The van der Waals surface area contributed by atoms with Gasteiger partial charge in [0.05, 0.1) is 5.69 Å². The number of hydrogen-bond acceptors (Lipinski definition) is 3. The molecule has 1 aromatic carbocycles. The number of hydrogen-bond donors (Lipinski definition) is 1. The lowest BCUT2D eigenvalue weighted by atomic mass is 10.0. The Morgan fingerprint density at radius 3 is 3.00 bits per heavy atom. The predicted octanol–water partition coefficient (Wildman–Crippen LogP) is 2.72. The number of nitrogens with two attached hydrogens (primary N) is 1. The van der Waals surface area contributed by atoms with Gasteiger partial charge in [0.15, 0.2) is 0 Å². The van der Waals surface area contributed by atoms with E-state index >= 15 is 0 Å². The lowest BCUT2D eigenvalue weighted by Crippen LogP contribution is -2.38. The number of carbonyl (C=O) groups is 1. The van der Waals surface area contributed by atoms with Crippen LogP contribution in [0, 0.1) is 0 Å². The molecule has 0 spiro atoms. The molecule has 5 heteroatoms. The molecule has 0 fully saturated rings. The molecule has 0 saturated heterocycles. The molecule has 1 aliphatic heterocycles. The highest BCUT2D eigenvalue weighted by atomic mass is 127. The lowest BCUT2D eigenvalue weighted by Gasteiger charge is -2.32. The van der Waals surface area contributed by atoms with Crippen molar-refractivity contribution in [3.63, 3.8) is 0 Å². The Bertz CT molecular complexity index is 422. The number of halogens is 1. The summed E-state index contributed by atoms with van der Waals surface area (Å²) in [5.74, 6) is 0. The zero-order chi connectivity index (χ0) is 11.7. The van der Waals surface area contributed by atoms with Gasteiger partial charge in [-0.2, -0.15) is 0 Å². The van der Waals surface area contributed by atoms with Gasteiger partial charge in [0.25, 0.3) is 0 Å². The van der Waals surface area contributed by atoms with E-state index in [0.29, 0.717) is 12.2 Å². The summed E-state index contributed by atoms with van der Waals surface area (Å²) < 4.78 is 6.13. The van der Waals surface area contributed by atoms with E-state index in [1.54, 1.807) is 4.90 Å². The van der Waals surface area contributed by atoms with E-state index in [0.717, 1.165) is 15.7 Å². The SMILES string of the molecule is CC1OC(=O)N(CCI)c2ccc(N)cc21. The zero-order valence-corrected chi connectivity index (χ0v) is 11.1. The van der Waals surface area contributed by atoms with Gasteiger partial charge in [-0.1, -0.05) is 22.6 Å². The highest BCUT2D eigenvalue weighted by Crippen LogP contribution is 2.35. The summed E-state index contributed by atoms with van der Waals surface area (Å²) >= 11 is 2.24. The van der Waals surface area contributed by atoms with Gasteiger partial charge in [0.2, 0.25) is 0 Å². The Morgan fingerprint density at radius 1 is 1.56 bits per heavy atom. The molecule has 0 saturated carbocycles. The summed E-state index contributed by atoms with van der Waals surface area (Å²) in [4.78, 5) is 13.4. The molecule has 1 unspecified atom stereocenters. The molecule has 16 heavy (non-hydrogen) atoms. The van der Waals surface area contributed by atoms with Crippen molar-refractivity contribution in [2.75, 3.05) is 21.6 Å². The topological polar surface area (TPSA) is 55.6 Å². The molecule has 0 aliphatic carbocycles. The predicted molar refractivity (Wildman–Crippen MR) is 72.0 cm³/mol. The van der Waals surface area contributed by atoms with Crippen LogP contribution in [0.25, 0.3) is 0 Å². The summed E-state index contributed by atoms with van der Waals surface area (Å²) in [5, 5.41) is 0. The second-order valence-electron chi connectivity index (χ2n) is 3.68. The quantitative estimate of drug-likeness (QED) is 0.515. The van der Waals surface area contributed by atoms with Crippen LogP contribution in [0.5, 0.6) is 0 Å². The molecule has 1 amide bonds. The molecule has 0 bridgehead atoms. The van der Waals surface area contributed by atoms with E-state index in [-0.39, 0.29) is 12.2 Å². The van der Waals surface area contributed by atoms with Gasteiger partial charge in [-0.3, -0.25) is 4.90 Å². The first-order valence-electron chi connectivity index (χ1n) is 5.07. The molecule has 2 N–H and O–H groups in total. The summed E-state index contributed by atoms with van der Waals surface area (Å²) in [7, 11) is 0. The highest BCUT2D eigenvalue weighted by Gasteiger charge is 2.29. The second kappa shape index (κ2) is 4.48. The molecule has 2 rings (SSSR count). The van der Waals surface area contributed by atoms with Crippen molar-refractivity contribution in [2.24, 2.45) is 0 Å². The molecule has 0 radical (unpaired) electrons. The van der Waals surface area contributed by atoms with Crippen LogP contribution in [0.2, 0.25) is 0 Å². The summed E-state index contributed by atoms with van der Waals surface area (Å²) in [6, 6.07) is 5.56. The summed E-state index contributed by atoms with van der Waals surface area (Å²) in [6.07, 6.45) is -0.502. The smallest absolute Gasteiger partial charge is 0.414 e. The average molecular weight is 332 g/mol. The van der Waals surface area contributed by atoms with Crippen molar-refractivity contribution >= 4 is 40.1 Å². The van der Waals surface area contributed by atoms with Gasteiger partial charge in [0, 0.05) is 22.2 Å². The first-order chi connectivity index (χ1) is 7.63. The van der Waals surface area contributed by atoms with Gasteiger partial charge < -0.3 is 10.5 Å². The molecule has 1 atom stereocenters.